The lowest BCUT2D eigenvalue weighted by Gasteiger charge is -2.23. The van der Waals surface area contributed by atoms with E-state index >= 15 is 0 Å². The molecule has 0 saturated carbocycles. The number of amides is 1. The predicted molar refractivity (Wildman–Crippen MR) is 45.3 cm³/mol. The molecule has 1 atom stereocenters. The Labute approximate surface area is 71.8 Å². The molecule has 0 saturated heterocycles. The summed E-state index contributed by atoms with van der Waals surface area (Å²) >= 11 is 0. The highest BCUT2D eigenvalue weighted by Crippen LogP contribution is 2.16. The Morgan fingerprint density at radius 3 is 2.92 bits per heavy atom. The Kier molecular flexibility index (Phi) is 2.70. The summed E-state index contributed by atoms with van der Waals surface area (Å²) in [7, 11) is 1.57. The summed E-state index contributed by atoms with van der Waals surface area (Å²) in [6.07, 6.45) is 0.731. The lowest BCUT2D eigenvalue weighted by Crippen LogP contribution is -2.40. The van der Waals surface area contributed by atoms with Crippen LogP contribution in [0.5, 0.6) is 0 Å². The molecule has 1 rings (SSSR count). The van der Waals surface area contributed by atoms with Crippen LogP contribution in [0.25, 0.3) is 0 Å². The molecule has 0 fully saturated rings. The zero-order valence-corrected chi connectivity index (χ0v) is 7.39. The molecule has 0 spiro atoms. The van der Waals surface area contributed by atoms with E-state index in [2.05, 4.69) is 5.32 Å². The molecule has 0 aromatic rings. The van der Waals surface area contributed by atoms with Crippen LogP contribution in [0.4, 0.5) is 0 Å². The van der Waals surface area contributed by atoms with Gasteiger partial charge >= 0.3 is 0 Å². The first-order chi connectivity index (χ1) is 5.69. The lowest BCUT2D eigenvalue weighted by molar-refractivity contribution is -0.119. The average Bonchev–Trinajstić information content (AvgIpc) is 2.03. The van der Waals surface area contributed by atoms with Crippen LogP contribution in [-0.4, -0.2) is 25.6 Å². The number of nitrogens with one attached hydrogen (secondary N) is 1. The van der Waals surface area contributed by atoms with Gasteiger partial charge in [0.1, 0.15) is 5.76 Å². The number of hydrogen-bond acceptors (Lipinski definition) is 3. The van der Waals surface area contributed by atoms with E-state index in [0.717, 1.165) is 6.42 Å². The van der Waals surface area contributed by atoms with Crippen LogP contribution in [0.3, 0.4) is 0 Å². The molecule has 0 aromatic carbocycles. The minimum absolute atomic E-state index is 0.104. The number of carbonyl (C=O) groups is 1. The summed E-state index contributed by atoms with van der Waals surface area (Å²) in [5.74, 6) is 0.613. The van der Waals surface area contributed by atoms with Gasteiger partial charge in [-0.05, 0) is 6.92 Å². The summed E-state index contributed by atoms with van der Waals surface area (Å²) in [5, 5.41) is 2.79. The van der Waals surface area contributed by atoms with E-state index in [-0.39, 0.29) is 18.5 Å². The number of rotatable bonds is 2. The Balaban J connectivity index is 2.90. The largest absolute Gasteiger partial charge is 0.500 e. The Morgan fingerprint density at radius 2 is 2.42 bits per heavy atom. The van der Waals surface area contributed by atoms with Gasteiger partial charge in [0.05, 0.1) is 12.7 Å². The number of carbonyl (C=O) groups excluding carboxylic acids is 1. The second-order valence-corrected chi connectivity index (χ2v) is 2.89. The molecule has 0 aliphatic carbocycles. The topological polar surface area (TPSA) is 64.3 Å². The van der Waals surface area contributed by atoms with Gasteiger partial charge in [0.25, 0.3) is 5.91 Å². The van der Waals surface area contributed by atoms with Crippen molar-refractivity contribution in [2.75, 3.05) is 13.7 Å². The van der Waals surface area contributed by atoms with Crippen molar-refractivity contribution in [3.63, 3.8) is 0 Å². The fraction of sp³-hybridized carbons (Fsp3) is 0.625. The van der Waals surface area contributed by atoms with Crippen molar-refractivity contribution in [1.82, 2.24) is 5.32 Å². The second kappa shape index (κ2) is 3.58. The quantitative estimate of drug-likeness (QED) is 0.601. The van der Waals surface area contributed by atoms with Gasteiger partial charge in [-0.2, -0.15) is 0 Å². The van der Waals surface area contributed by atoms with E-state index in [4.69, 9.17) is 10.5 Å². The number of methoxy groups -OCH3 is 1. The number of hydrogen-bond donors (Lipinski definition) is 2. The highest BCUT2D eigenvalue weighted by molar-refractivity contribution is 5.95. The molecule has 1 aliphatic heterocycles. The maximum Gasteiger partial charge on any atom is 0.252 e. The lowest BCUT2D eigenvalue weighted by atomic mass is 10.0. The molecule has 4 heteroatoms. The third kappa shape index (κ3) is 1.58. The molecule has 1 amide bonds. The molecule has 68 valence electrons. The Hall–Kier alpha value is -1.03. The third-order valence-corrected chi connectivity index (χ3v) is 1.93. The van der Waals surface area contributed by atoms with E-state index < -0.39 is 0 Å². The molecule has 0 radical (unpaired) electrons. The van der Waals surface area contributed by atoms with Crippen LogP contribution in [0.2, 0.25) is 0 Å². The van der Waals surface area contributed by atoms with Crippen molar-refractivity contribution >= 4 is 5.91 Å². The molecular weight excluding hydrogens is 156 g/mol. The van der Waals surface area contributed by atoms with Crippen molar-refractivity contribution < 1.29 is 9.53 Å². The first-order valence-corrected chi connectivity index (χ1v) is 3.96. The molecule has 0 bridgehead atoms. The number of ether oxygens (including phenoxy) is 1. The molecule has 3 N–H and O–H groups in total. The van der Waals surface area contributed by atoms with Crippen LogP contribution in [0.1, 0.15) is 13.3 Å². The predicted octanol–water partition coefficient (Wildman–Crippen LogP) is -0.246. The first-order valence-electron chi connectivity index (χ1n) is 3.96. The van der Waals surface area contributed by atoms with Gasteiger partial charge in [0.2, 0.25) is 0 Å². The van der Waals surface area contributed by atoms with Crippen molar-refractivity contribution in [3.8, 4) is 0 Å². The molecule has 1 heterocycles. The standard InChI is InChI=1S/C8H14N2O2/c1-5-3-7(12-2)6(4-9)8(11)10-5/h5H,3-4,9H2,1-2H3,(H,10,11). The summed E-state index contributed by atoms with van der Waals surface area (Å²) in [6, 6.07) is 0.141. The Bertz CT molecular complexity index is 223. The second-order valence-electron chi connectivity index (χ2n) is 2.89. The maximum absolute atomic E-state index is 11.3. The fourth-order valence-electron chi connectivity index (χ4n) is 1.30. The molecule has 4 nitrogen and oxygen atoms in total. The van der Waals surface area contributed by atoms with Crippen LogP contribution in [0.15, 0.2) is 11.3 Å². The minimum Gasteiger partial charge on any atom is -0.500 e. The minimum atomic E-state index is -0.104. The maximum atomic E-state index is 11.3. The van der Waals surface area contributed by atoms with Gasteiger partial charge in [0.15, 0.2) is 0 Å². The van der Waals surface area contributed by atoms with Crippen LogP contribution in [-0.2, 0) is 9.53 Å². The van der Waals surface area contributed by atoms with E-state index in [0.29, 0.717) is 11.3 Å². The summed E-state index contributed by atoms with van der Waals surface area (Å²) in [5.41, 5.74) is 5.97. The van der Waals surface area contributed by atoms with Crippen molar-refractivity contribution in [1.29, 1.82) is 0 Å². The smallest absolute Gasteiger partial charge is 0.252 e. The fourth-order valence-corrected chi connectivity index (χ4v) is 1.30. The highest BCUT2D eigenvalue weighted by atomic mass is 16.5. The van der Waals surface area contributed by atoms with Gasteiger partial charge in [-0.15, -0.1) is 0 Å². The van der Waals surface area contributed by atoms with Gasteiger partial charge in [0, 0.05) is 19.0 Å². The average molecular weight is 170 g/mol. The first kappa shape index (κ1) is 9.06. The molecule has 0 aromatic heterocycles. The molecule has 1 unspecified atom stereocenters. The van der Waals surface area contributed by atoms with Crippen LogP contribution in [0, 0.1) is 0 Å². The number of nitrogens with two attached hydrogens (primary N) is 1. The van der Waals surface area contributed by atoms with Gasteiger partial charge in [-0.1, -0.05) is 0 Å². The SMILES string of the molecule is COC1=C(CN)C(=O)NC(C)C1. The van der Waals surface area contributed by atoms with E-state index in [1.54, 1.807) is 7.11 Å². The van der Waals surface area contributed by atoms with Crippen LogP contribution >= 0.6 is 0 Å². The van der Waals surface area contributed by atoms with Gasteiger partial charge in [-0.25, -0.2) is 0 Å². The monoisotopic (exact) mass is 170 g/mol. The summed E-state index contributed by atoms with van der Waals surface area (Å²) < 4.78 is 5.07. The third-order valence-electron chi connectivity index (χ3n) is 1.93. The van der Waals surface area contributed by atoms with Gasteiger partial charge < -0.3 is 15.8 Å². The van der Waals surface area contributed by atoms with E-state index in [1.165, 1.54) is 0 Å². The van der Waals surface area contributed by atoms with Gasteiger partial charge in [-0.3, -0.25) is 4.79 Å². The van der Waals surface area contributed by atoms with Crippen molar-refractivity contribution in [3.05, 3.63) is 11.3 Å². The molecule has 1 aliphatic rings. The van der Waals surface area contributed by atoms with E-state index in [9.17, 15) is 4.79 Å². The van der Waals surface area contributed by atoms with Crippen molar-refractivity contribution in [2.45, 2.75) is 19.4 Å². The summed E-state index contributed by atoms with van der Waals surface area (Å²) in [4.78, 5) is 11.3. The van der Waals surface area contributed by atoms with E-state index in [1.807, 2.05) is 6.92 Å². The highest BCUT2D eigenvalue weighted by Gasteiger charge is 2.23. The zero-order valence-electron chi connectivity index (χ0n) is 7.39. The normalized spacial score (nSPS) is 23.9. The molecular formula is C8H14N2O2. The Morgan fingerprint density at radius 1 is 1.75 bits per heavy atom. The summed E-state index contributed by atoms with van der Waals surface area (Å²) in [6.45, 7) is 2.17. The van der Waals surface area contributed by atoms with Crippen LogP contribution < -0.4 is 11.1 Å². The van der Waals surface area contributed by atoms with Crippen molar-refractivity contribution in [2.24, 2.45) is 5.73 Å². The molecule has 12 heavy (non-hydrogen) atoms. The zero-order chi connectivity index (χ0) is 9.14.